The summed E-state index contributed by atoms with van der Waals surface area (Å²) < 4.78 is 16.5. The van der Waals surface area contributed by atoms with E-state index in [2.05, 4.69) is 27.2 Å². The number of hydrogen-bond donors (Lipinski definition) is 1. The van der Waals surface area contributed by atoms with Crippen LogP contribution in [-0.4, -0.2) is 58.3 Å². The zero-order valence-corrected chi connectivity index (χ0v) is 17.6. The van der Waals surface area contributed by atoms with Crippen molar-refractivity contribution in [2.45, 2.75) is 19.5 Å². The molecular weight excluding hydrogens is 395 g/mol. The molecule has 1 saturated heterocycles. The number of rotatable bonds is 7. The fourth-order valence-corrected chi connectivity index (χ4v) is 3.88. The molecule has 2 aromatic carbocycles. The van der Waals surface area contributed by atoms with E-state index < -0.39 is 0 Å². The molecule has 0 radical (unpaired) electrons. The molecule has 31 heavy (non-hydrogen) atoms. The molecule has 0 spiro atoms. The summed E-state index contributed by atoms with van der Waals surface area (Å²) in [4.78, 5) is 21.3. The normalized spacial score (nSPS) is 15.6. The summed E-state index contributed by atoms with van der Waals surface area (Å²) in [6.45, 7) is 6.97. The highest BCUT2D eigenvalue weighted by atomic mass is 19.1. The van der Waals surface area contributed by atoms with Gasteiger partial charge in [-0.25, -0.2) is 9.37 Å². The standard InChI is InChI=1S/C23H27FN6O/c1-2-28-10-12-29(13-11-28)22-9-8-19(14-20(22)24)23(31)27-21(15-30-17-25-16-26-30)18-6-4-3-5-7-18/h3-9,14,16-17,21H,2,10-13,15H2,1H3,(H,27,31). The Kier molecular flexibility index (Phi) is 6.57. The number of benzene rings is 2. The van der Waals surface area contributed by atoms with Gasteiger partial charge in [-0.1, -0.05) is 37.3 Å². The number of nitrogens with zero attached hydrogens (tertiary/aromatic N) is 5. The highest BCUT2D eigenvalue weighted by Crippen LogP contribution is 2.23. The molecule has 0 saturated carbocycles. The minimum atomic E-state index is -0.370. The van der Waals surface area contributed by atoms with Crippen molar-refractivity contribution in [1.82, 2.24) is 25.0 Å². The highest BCUT2D eigenvalue weighted by molar-refractivity contribution is 5.94. The van der Waals surface area contributed by atoms with Gasteiger partial charge in [0.1, 0.15) is 18.5 Å². The molecule has 8 heteroatoms. The first-order chi connectivity index (χ1) is 15.1. The minimum absolute atomic E-state index is 0.299. The van der Waals surface area contributed by atoms with Gasteiger partial charge in [0.05, 0.1) is 18.3 Å². The Morgan fingerprint density at radius 3 is 2.55 bits per heavy atom. The van der Waals surface area contributed by atoms with Gasteiger partial charge < -0.3 is 15.1 Å². The van der Waals surface area contributed by atoms with Gasteiger partial charge in [-0.05, 0) is 30.3 Å². The fraction of sp³-hybridized carbons (Fsp3) is 0.348. The first-order valence-electron chi connectivity index (χ1n) is 10.6. The summed E-state index contributed by atoms with van der Waals surface area (Å²) in [5, 5.41) is 7.15. The van der Waals surface area contributed by atoms with E-state index in [0.29, 0.717) is 17.8 Å². The first-order valence-corrected chi connectivity index (χ1v) is 10.6. The van der Waals surface area contributed by atoms with Crippen LogP contribution in [0.5, 0.6) is 0 Å². The van der Waals surface area contributed by atoms with Crippen molar-refractivity contribution in [3.8, 4) is 0 Å². The van der Waals surface area contributed by atoms with E-state index in [1.165, 1.54) is 12.4 Å². The number of carbonyl (C=O) groups is 1. The first kappa shape index (κ1) is 21.0. The molecule has 0 bridgehead atoms. The number of piperazine rings is 1. The second-order valence-electron chi connectivity index (χ2n) is 7.64. The second kappa shape index (κ2) is 9.70. The Hall–Kier alpha value is -3.26. The van der Waals surface area contributed by atoms with E-state index in [1.807, 2.05) is 35.2 Å². The number of halogens is 1. The van der Waals surface area contributed by atoms with Gasteiger partial charge in [0.25, 0.3) is 5.91 Å². The second-order valence-corrected chi connectivity index (χ2v) is 7.64. The predicted molar refractivity (Wildman–Crippen MR) is 117 cm³/mol. The number of amides is 1. The van der Waals surface area contributed by atoms with Crippen molar-refractivity contribution in [3.63, 3.8) is 0 Å². The number of likely N-dealkylation sites (N-methyl/N-ethyl adjacent to an activating group) is 1. The molecule has 162 valence electrons. The van der Waals surface area contributed by atoms with Gasteiger partial charge in [0.2, 0.25) is 0 Å². The molecule has 1 fully saturated rings. The Morgan fingerprint density at radius 2 is 1.90 bits per heavy atom. The Balaban J connectivity index is 1.48. The fourth-order valence-electron chi connectivity index (χ4n) is 3.88. The van der Waals surface area contributed by atoms with Crippen LogP contribution in [0.2, 0.25) is 0 Å². The molecule has 1 aliphatic heterocycles. The van der Waals surface area contributed by atoms with Crippen molar-refractivity contribution in [1.29, 1.82) is 0 Å². The van der Waals surface area contributed by atoms with Crippen LogP contribution >= 0.6 is 0 Å². The van der Waals surface area contributed by atoms with E-state index in [0.717, 1.165) is 38.3 Å². The predicted octanol–water partition coefficient (Wildman–Crippen LogP) is 2.73. The van der Waals surface area contributed by atoms with Crippen LogP contribution in [-0.2, 0) is 6.54 Å². The summed E-state index contributed by atoms with van der Waals surface area (Å²) >= 11 is 0. The average molecular weight is 423 g/mol. The molecule has 3 aromatic rings. The number of carbonyl (C=O) groups excluding carboxylic acids is 1. The van der Waals surface area contributed by atoms with Crippen LogP contribution in [0.1, 0.15) is 28.9 Å². The van der Waals surface area contributed by atoms with Crippen LogP contribution < -0.4 is 10.2 Å². The number of aromatic nitrogens is 3. The van der Waals surface area contributed by atoms with E-state index >= 15 is 0 Å². The van der Waals surface area contributed by atoms with Gasteiger partial charge in [0, 0.05) is 31.7 Å². The minimum Gasteiger partial charge on any atom is -0.367 e. The van der Waals surface area contributed by atoms with Gasteiger partial charge in [-0.3, -0.25) is 9.48 Å². The maximum atomic E-state index is 14.9. The largest absolute Gasteiger partial charge is 0.367 e. The van der Waals surface area contributed by atoms with Crippen LogP contribution in [0, 0.1) is 5.82 Å². The van der Waals surface area contributed by atoms with E-state index in [4.69, 9.17) is 0 Å². The van der Waals surface area contributed by atoms with Crippen LogP contribution in [0.4, 0.5) is 10.1 Å². The lowest BCUT2D eigenvalue weighted by Crippen LogP contribution is -2.46. The third-order valence-electron chi connectivity index (χ3n) is 5.71. The van der Waals surface area contributed by atoms with Gasteiger partial charge >= 0.3 is 0 Å². The van der Waals surface area contributed by atoms with E-state index in [1.54, 1.807) is 23.1 Å². The van der Waals surface area contributed by atoms with Crippen LogP contribution in [0.15, 0.2) is 61.2 Å². The molecule has 4 rings (SSSR count). The highest BCUT2D eigenvalue weighted by Gasteiger charge is 2.21. The Labute approximate surface area is 181 Å². The molecule has 1 unspecified atom stereocenters. The number of hydrogen-bond acceptors (Lipinski definition) is 5. The van der Waals surface area contributed by atoms with Crippen molar-refractivity contribution in [2.75, 3.05) is 37.6 Å². The maximum absolute atomic E-state index is 14.9. The SMILES string of the molecule is CCN1CCN(c2ccc(C(=O)NC(Cn3cncn3)c3ccccc3)cc2F)CC1. The van der Waals surface area contributed by atoms with Gasteiger partial charge in [0.15, 0.2) is 0 Å². The smallest absolute Gasteiger partial charge is 0.251 e. The molecule has 1 aliphatic rings. The third kappa shape index (κ3) is 5.08. The Bertz CT molecular complexity index is 987. The zero-order chi connectivity index (χ0) is 21.6. The zero-order valence-electron chi connectivity index (χ0n) is 17.6. The summed E-state index contributed by atoms with van der Waals surface area (Å²) in [6.07, 6.45) is 3.06. The quantitative estimate of drug-likeness (QED) is 0.634. The van der Waals surface area contributed by atoms with Gasteiger partial charge in [-0.15, -0.1) is 0 Å². The van der Waals surface area contributed by atoms with Gasteiger partial charge in [-0.2, -0.15) is 5.10 Å². The molecule has 7 nitrogen and oxygen atoms in total. The Morgan fingerprint density at radius 1 is 1.13 bits per heavy atom. The van der Waals surface area contributed by atoms with Crippen molar-refractivity contribution < 1.29 is 9.18 Å². The summed E-state index contributed by atoms with van der Waals surface area (Å²) in [6, 6.07) is 14.1. The van der Waals surface area contributed by atoms with Crippen molar-refractivity contribution >= 4 is 11.6 Å². The lowest BCUT2D eigenvalue weighted by molar-refractivity contribution is 0.0931. The average Bonchev–Trinajstić information content (AvgIpc) is 3.32. The number of nitrogens with one attached hydrogen (secondary N) is 1. The summed E-state index contributed by atoms with van der Waals surface area (Å²) in [5.74, 6) is -0.694. The van der Waals surface area contributed by atoms with Crippen molar-refractivity contribution in [3.05, 3.63) is 78.1 Å². The van der Waals surface area contributed by atoms with Crippen molar-refractivity contribution in [2.24, 2.45) is 0 Å². The molecule has 1 amide bonds. The van der Waals surface area contributed by atoms with E-state index in [-0.39, 0.29) is 17.8 Å². The summed E-state index contributed by atoms with van der Waals surface area (Å²) in [5.41, 5.74) is 1.79. The molecule has 1 N–H and O–H groups in total. The van der Waals surface area contributed by atoms with Crippen LogP contribution in [0.25, 0.3) is 0 Å². The lowest BCUT2D eigenvalue weighted by atomic mass is 10.1. The number of anilines is 1. The molecule has 2 heterocycles. The molecule has 0 aliphatic carbocycles. The monoisotopic (exact) mass is 422 g/mol. The molecule has 1 atom stereocenters. The van der Waals surface area contributed by atoms with Crippen LogP contribution in [0.3, 0.4) is 0 Å². The van der Waals surface area contributed by atoms with E-state index in [9.17, 15) is 9.18 Å². The summed E-state index contributed by atoms with van der Waals surface area (Å²) in [7, 11) is 0. The maximum Gasteiger partial charge on any atom is 0.251 e. The molecule has 1 aromatic heterocycles. The topological polar surface area (TPSA) is 66.3 Å². The lowest BCUT2D eigenvalue weighted by Gasteiger charge is -2.35. The molecular formula is C23H27FN6O. The third-order valence-corrected chi connectivity index (χ3v) is 5.71.